The number of nitrogens with one attached hydrogen (secondary N) is 1. The van der Waals surface area contributed by atoms with Gasteiger partial charge in [0.15, 0.2) is 0 Å². The lowest BCUT2D eigenvalue weighted by molar-refractivity contribution is -0.105. The lowest BCUT2D eigenvalue weighted by Crippen LogP contribution is -1.93. The number of amides is 1. The summed E-state index contributed by atoms with van der Waals surface area (Å²) in [7, 11) is 0. The summed E-state index contributed by atoms with van der Waals surface area (Å²) in [5.74, 6) is 1.37. The van der Waals surface area contributed by atoms with Crippen LogP contribution in [0.25, 0.3) is 11.0 Å². The highest BCUT2D eigenvalue weighted by molar-refractivity contribution is 5.75. The van der Waals surface area contributed by atoms with Crippen molar-refractivity contribution in [1.29, 1.82) is 0 Å². The lowest BCUT2D eigenvalue weighted by Gasteiger charge is -2.07. The average Bonchev–Trinajstić information content (AvgIpc) is 2.49. The molecule has 0 atom stereocenters. The Kier molecular flexibility index (Phi) is 3.24. The SMILES string of the molecule is O=CNc1ccc(Oc2ccc3nccnc3c2)cc1. The molecule has 0 aliphatic rings. The van der Waals surface area contributed by atoms with E-state index in [4.69, 9.17) is 4.74 Å². The van der Waals surface area contributed by atoms with E-state index in [1.165, 1.54) is 0 Å². The molecule has 0 aliphatic carbocycles. The summed E-state index contributed by atoms with van der Waals surface area (Å²) in [6, 6.07) is 12.6. The molecular weight excluding hydrogens is 254 g/mol. The van der Waals surface area contributed by atoms with E-state index in [0.29, 0.717) is 17.9 Å². The molecule has 1 amide bonds. The number of carbonyl (C=O) groups is 1. The zero-order valence-corrected chi connectivity index (χ0v) is 10.5. The minimum absolute atomic E-state index is 0.637. The van der Waals surface area contributed by atoms with Gasteiger partial charge in [0, 0.05) is 24.1 Å². The van der Waals surface area contributed by atoms with Crippen LogP contribution < -0.4 is 10.1 Å². The Bertz CT molecular complexity index is 741. The highest BCUT2D eigenvalue weighted by atomic mass is 16.5. The quantitative estimate of drug-likeness (QED) is 0.736. The molecular formula is C15H11N3O2. The maximum absolute atomic E-state index is 10.3. The van der Waals surface area contributed by atoms with Crippen molar-refractivity contribution in [1.82, 2.24) is 9.97 Å². The molecule has 0 saturated heterocycles. The van der Waals surface area contributed by atoms with Crippen LogP contribution in [0.15, 0.2) is 54.9 Å². The topological polar surface area (TPSA) is 64.1 Å². The van der Waals surface area contributed by atoms with Gasteiger partial charge in [0.2, 0.25) is 6.41 Å². The van der Waals surface area contributed by atoms with Crippen molar-refractivity contribution in [2.75, 3.05) is 5.32 Å². The van der Waals surface area contributed by atoms with Crippen LogP contribution in [0, 0.1) is 0 Å². The van der Waals surface area contributed by atoms with E-state index in [2.05, 4.69) is 15.3 Å². The van der Waals surface area contributed by atoms with Crippen LogP contribution in [0.2, 0.25) is 0 Å². The molecule has 0 aliphatic heterocycles. The molecule has 3 rings (SSSR count). The van der Waals surface area contributed by atoms with E-state index in [1.807, 2.05) is 18.2 Å². The summed E-state index contributed by atoms with van der Waals surface area (Å²) >= 11 is 0. The van der Waals surface area contributed by atoms with Gasteiger partial charge in [-0.2, -0.15) is 0 Å². The van der Waals surface area contributed by atoms with Crippen LogP contribution >= 0.6 is 0 Å². The van der Waals surface area contributed by atoms with Crippen LogP contribution in [0.5, 0.6) is 11.5 Å². The zero-order chi connectivity index (χ0) is 13.8. The Labute approximate surface area is 115 Å². The standard InChI is InChI=1S/C15H11N3O2/c19-10-18-11-1-3-12(4-2-11)20-13-5-6-14-15(9-13)17-8-7-16-14/h1-10H,(H,18,19). The van der Waals surface area contributed by atoms with Crippen LogP contribution in [0.4, 0.5) is 5.69 Å². The number of ether oxygens (including phenoxy) is 1. The Morgan fingerprint density at radius 1 is 0.900 bits per heavy atom. The number of carbonyl (C=O) groups excluding carboxylic acids is 1. The number of rotatable bonds is 4. The van der Waals surface area contributed by atoms with Gasteiger partial charge in [0.05, 0.1) is 11.0 Å². The number of benzene rings is 2. The van der Waals surface area contributed by atoms with Gasteiger partial charge >= 0.3 is 0 Å². The fourth-order valence-corrected chi connectivity index (χ4v) is 1.83. The van der Waals surface area contributed by atoms with E-state index in [9.17, 15) is 4.79 Å². The van der Waals surface area contributed by atoms with Crippen molar-refractivity contribution < 1.29 is 9.53 Å². The molecule has 0 bridgehead atoms. The third-order valence-electron chi connectivity index (χ3n) is 2.76. The number of aromatic nitrogens is 2. The van der Waals surface area contributed by atoms with Crippen molar-refractivity contribution in [2.24, 2.45) is 0 Å². The van der Waals surface area contributed by atoms with Gasteiger partial charge in [0.1, 0.15) is 11.5 Å². The molecule has 0 radical (unpaired) electrons. The molecule has 0 spiro atoms. The third kappa shape index (κ3) is 2.56. The lowest BCUT2D eigenvalue weighted by atomic mass is 10.2. The molecule has 0 saturated carbocycles. The smallest absolute Gasteiger partial charge is 0.211 e. The number of nitrogens with zero attached hydrogens (tertiary/aromatic N) is 2. The second-order valence-electron chi connectivity index (χ2n) is 4.10. The maximum atomic E-state index is 10.3. The normalized spacial score (nSPS) is 10.2. The summed E-state index contributed by atoms with van der Waals surface area (Å²) in [5, 5.41) is 2.57. The highest BCUT2D eigenvalue weighted by Crippen LogP contribution is 2.25. The van der Waals surface area contributed by atoms with Crippen molar-refractivity contribution in [3.8, 4) is 11.5 Å². The van der Waals surface area contributed by atoms with Crippen molar-refractivity contribution in [2.45, 2.75) is 0 Å². The average molecular weight is 265 g/mol. The van der Waals surface area contributed by atoms with Crippen LogP contribution in [-0.2, 0) is 4.79 Å². The number of fused-ring (bicyclic) bond motifs is 1. The van der Waals surface area contributed by atoms with Crippen molar-refractivity contribution in [3.63, 3.8) is 0 Å². The van der Waals surface area contributed by atoms with E-state index in [1.54, 1.807) is 36.7 Å². The highest BCUT2D eigenvalue weighted by Gasteiger charge is 2.01. The molecule has 98 valence electrons. The summed E-state index contributed by atoms with van der Waals surface area (Å²) < 4.78 is 5.74. The number of hydrogen-bond acceptors (Lipinski definition) is 4. The molecule has 1 N–H and O–H groups in total. The second kappa shape index (κ2) is 5.36. The third-order valence-corrected chi connectivity index (χ3v) is 2.76. The molecule has 0 fully saturated rings. The Morgan fingerprint density at radius 2 is 1.60 bits per heavy atom. The Hall–Kier alpha value is -2.95. The molecule has 20 heavy (non-hydrogen) atoms. The van der Waals surface area contributed by atoms with Gasteiger partial charge in [-0.3, -0.25) is 14.8 Å². The zero-order valence-electron chi connectivity index (χ0n) is 10.5. The first-order chi connectivity index (χ1) is 9.85. The summed E-state index contributed by atoms with van der Waals surface area (Å²) in [6.07, 6.45) is 3.94. The molecule has 0 unspecified atom stereocenters. The van der Waals surface area contributed by atoms with E-state index in [-0.39, 0.29) is 0 Å². The van der Waals surface area contributed by atoms with E-state index in [0.717, 1.165) is 16.7 Å². The molecule has 1 aromatic heterocycles. The summed E-state index contributed by atoms with van der Waals surface area (Å²) in [5.41, 5.74) is 2.33. The minimum Gasteiger partial charge on any atom is -0.457 e. The number of anilines is 1. The molecule has 1 heterocycles. The fourth-order valence-electron chi connectivity index (χ4n) is 1.83. The first kappa shape index (κ1) is 12.1. The maximum Gasteiger partial charge on any atom is 0.211 e. The van der Waals surface area contributed by atoms with Gasteiger partial charge in [-0.05, 0) is 36.4 Å². The Morgan fingerprint density at radius 3 is 2.35 bits per heavy atom. The predicted molar refractivity (Wildman–Crippen MR) is 75.7 cm³/mol. The van der Waals surface area contributed by atoms with Gasteiger partial charge in [-0.25, -0.2) is 0 Å². The predicted octanol–water partition coefficient (Wildman–Crippen LogP) is 2.99. The van der Waals surface area contributed by atoms with Gasteiger partial charge < -0.3 is 10.1 Å². The molecule has 3 aromatic rings. The van der Waals surface area contributed by atoms with E-state index >= 15 is 0 Å². The van der Waals surface area contributed by atoms with Crippen LogP contribution in [0.3, 0.4) is 0 Å². The van der Waals surface area contributed by atoms with Gasteiger partial charge in [-0.1, -0.05) is 0 Å². The van der Waals surface area contributed by atoms with Crippen LogP contribution in [-0.4, -0.2) is 16.4 Å². The molecule has 5 heteroatoms. The second-order valence-corrected chi connectivity index (χ2v) is 4.10. The van der Waals surface area contributed by atoms with E-state index < -0.39 is 0 Å². The molecule has 2 aromatic carbocycles. The van der Waals surface area contributed by atoms with Gasteiger partial charge in [0.25, 0.3) is 0 Å². The first-order valence-corrected chi connectivity index (χ1v) is 6.04. The molecule has 5 nitrogen and oxygen atoms in total. The monoisotopic (exact) mass is 265 g/mol. The van der Waals surface area contributed by atoms with Crippen molar-refractivity contribution >= 4 is 23.1 Å². The summed E-state index contributed by atoms with van der Waals surface area (Å²) in [6.45, 7) is 0. The minimum atomic E-state index is 0.637. The number of hydrogen-bond donors (Lipinski definition) is 1. The first-order valence-electron chi connectivity index (χ1n) is 6.04. The Balaban J connectivity index is 1.83. The van der Waals surface area contributed by atoms with Gasteiger partial charge in [-0.15, -0.1) is 0 Å². The van der Waals surface area contributed by atoms with Crippen molar-refractivity contribution in [3.05, 3.63) is 54.9 Å². The largest absolute Gasteiger partial charge is 0.457 e. The fraction of sp³-hybridized carbons (Fsp3) is 0. The van der Waals surface area contributed by atoms with Crippen LogP contribution in [0.1, 0.15) is 0 Å². The summed E-state index contributed by atoms with van der Waals surface area (Å²) in [4.78, 5) is 18.8.